The first-order chi connectivity index (χ1) is 22.7. The van der Waals surface area contributed by atoms with Crippen molar-refractivity contribution in [2.75, 3.05) is 24.4 Å². The van der Waals surface area contributed by atoms with E-state index in [-0.39, 0.29) is 29.7 Å². The highest BCUT2D eigenvalue weighted by atomic mass is 32.2. The standard InChI is InChI=1S/C36H31N3O7S/c1-22(40)23-9-14-27(15-10-23)39-33(41)21-32(36(39)44)47-29-17-12-26(13-18-29)37-35(43)30(38-34(42)24-7-5-4-6-8-24)19-25-11-16-28(45-2)20-31(25)46-3/h4-20,32H,21H2,1-3H3,(H,37,43)(H,38,42)/b30-19-. The van der Waals surface area contributed by atoms with E-state index in [0.717, 1.165) is 9.80 Å². The van der Waals surface area contributed by atoms with Crippen LogP contribution in [0.15, 0.2) is 108 Å². The van der Waals surface area contributed by atoms with E-state index >= 15 is 0 Å². The number of Topliss-reactive ketones (excluding diaryl/α,β-unsaturated/α-hetero) is 1. The van der Waals surface area contributed by atoms with Crippen LogP contribution in [0.3, 0.4) is 0 Å². The van der Waals surface area contributed by atoms with Crippen molar-refractivity contribution in [3.63, 3.8) is 0 Å². The molecule has 47 heavy (non-hydrogen) atoms. The number of carbonyl (C=O) groups excluding carboxylic acids is 5. The van der Waals surface area contributed by atoms with Crippen LogP contribution >= 0.6 is 11.8 Å². The van der Waals surface area contributed by atoms with E-state index in [1.165, 1.54) is 39.0 Å². The summed E-state index contributed by atoms with van der Waals surface area (Å²) in [6.07, 6.45) is 1.54. The number of thioether (sulfide) groups is 1. The van der Waals surface area contributed by atoms with Gasteiger partial charge in [-0.15, -0.1) is 11.8 Å². The Labute approximate surface area is 275 Å². The minimum atomic E-state index is -0.627. The van der Waals surface area contributed by atoms with E-state index in [2.05, 4.69) is 10.6 Å². The molecule has 1 aliphatic heterocycles. The van der Waals surface area contributed by atoms with Crippen LogP contribution in [-0.2, 0) is 14.4 Å². The third-order valence-corrected chi connectivity index (χ3v) is 8.49. The number of ketones is 1. The summed E-state index contributed by atoms with van der Waals surface area (Å²) in [6.45, 7) is 1.45. The Balaban J connectivity index is 1.30. The Kier molecular flexibility index (Phi) is 10.2. The summed E-state index contributed by atoms with van der Waals surface area (Å²) in [5.74, 6) is -0.803. The van der Waals surface area contributed by atoms with E-state index in [1.54, 1.807) is 97.1 Å². The number of anilines is 2. The van der Waals surface area contributed by atoms with Crippen molar-refractivity contribution < 1.29 is 33.4 Å². The number of ether oxygens (including phenoxy) is 2. The van der Waals surface area contributed by atoms with E-state index in [0.29, 0.717) is 39.6 Å². The maximum atomic E-state index is 13.5. The van der Waals surface area contributed by atoms with Crippen molar-refractivity contribution in [1.29, 1.82) is 0 Å². The number of imide groups is 1. The summed E-state index contributed by atoms with van der Waals surface area (Å²) < 4.78 is 10.7. The molecule has 11 heteroatoms. The lowest BCUT2D eigenvalue weighted by atomic mass is 10.1. The summed E-state index contributed by atoms with van der Waals surface area (Å²) >= 11 is 1.25. The fraction of sp³-hybridized carbons (Fsp3) is 0.139. The van der Waals surface area contributed by atoms with Crippen molar-refractivity contribution >= 4 is 58.6 Å². The third kappa shape index (κ3) is 7.77. The summed E-state index contributed by atoms with van der Waals surface area (Å²) in [5.41, 5.74) is 2.25. The molecule has 1 saturated heterocycles. The van der Waals surface area contributed by atoms with Gasteiger partial charge >= 0.3 is 0 Å². The Hall–Kier alpha value is -5.68. The molecule has 4 aromatic rings. The highest BCUT2D eigenvalue weighted by Gasteiger charge is 2.40. The lowest BCUT2D eigenvalue weighted by molar-refractivity contribution is -0.121. The molecule has 1 unspecified atom stereocenters. The normalized spacial score (nSPS) is 14.5. The zero-order valence-corrected chi connectivity index (χ0v) is 26.6. The van der Waals surface area contributed by atoms with Gasteiger partial charge in [0.1, 0.15) is 17.2 Å². The van der Waals surface area contributed by atoms with Gasteiger partial charge in [0.2, 0.25) is 11.8 Å². The van der Waals surface area contributed by atoms with Crippen molar-refractivity contribution in [3.8, 4) is 11.5 Å². The van der Waals surface area contributed by atoms with Crippen LogP contribution in [0, 0.1) is 0 Å². The number of nitrogens with zero attached hydrogens (tertiary/aromatic N) is 1. The van der Waals surface area contributed by atoms with Crippen LogP contribution in [0.5, 0.6) is 11.5 Å². The second-order valence-corrected chi connectivity index (χ2v) is 11.7. The highest BCUT2D eigenvalue weighted by molar-refractivity contribution is 8.00. The zero-order chi connectivity index (χ0) is 33.5. The smallest absolute Gasteiger partial charge is 0.272 e. The summed E-state index contributed by atoms with van der Waals surface area (Å²) in [7, 11) is 3.03. The lowest BCUT2D eigenvalue weighted by Gasteiger charge is -2.15. The van der Waals surface area contributed by atoms with Crippen LogP contribution in [0.25, 0.3) is 6.08 Å². The molecule has 4 aromatic carbocycles. The van der Waals surface area contributed by atoms with Crippen LogP contribution in [0.2, 0.25) is 0 Å². The van der Waals surface area contributed by atoms with Gasteiger partial charge in [0.05, 0.1) is 25.2 Å². The maximum absolute atomic E-state index is 13.5. The summed E-state index contributed by atoms with van der Waals surface area (Å²) in [6, 6.07) is 26.8. The zero-order valence-electron chi connectivity index (χ0n) is 25.8. The quantitative estimate of drug-likeness (QED) is 0.120. The first-order valence-electron chi connectivity index (χ1n) is 14.5. The predicted molar refractivity (Wildman–Crippen MR) is 180 cm³/mol. The minimum Gasteiger partial charge on any atom is -0.497 e. The second-order valence-electron chi connectivity index (χ2n) is 10.4. The Bertz CT molecular complexity index is 1860. The van der Waals surface area contributed by atoms with Crippen LogP contribution < -0.4 is 25.0 Å². The fourth-order valence-electron chi connectivity index (χ4n) is 4.83. The summed E-state index contributed by atoms with van der Waals surface area (Å²) in [5, 5.41) is 4.88. The Morgan fingerprint density at radius 2 is 1.55 bits per heavy atom. The molecule has 0 spiro atoms. The first-order valence-corrected chi connectivity index (χ1v) is 15.4. The van der Waals surface area contributed by atoms with Gasteiger partial charge in [0.15, 0.2) is 5.78 Å². The van der Waals surface area contributed by atoms with Gasteiger partial charge in [-0.05, 0) is 85.8 Å². The van der Waals surface area contributed by atoms with Gasteiger partial charge in [-0.25, -0.2) is 4.90 Å². The number of amides is 4. The number of carbonyl (C=O) groups is 5. The lowest BCUT2D eigenvalue weighted by Crippen LogP contribution is -2.31. The maximum Gasteiger partial charge on any atom is 0.272 e. The van der Waals surface area contributed by atoms with Gasteiger partial charge in [-0.2, -0.15) is 0 Å². The molecule has 0 aromatic heterocycles. The van der Waals surface area contributed by atoms with Crippen molar-refractivity contribution in [2.45, 2.75) is 23.5 Å². The minimum absolute atomic E-state index is 0.0211. The van der Waals surface area contributed by atoms with Gasteiger partial charge in [0.25, 0.3) is 11.8 Å². The summed E-state index contributed by atoms with van der Waals surface area (Å²) in [4.78, 5) is 65.9. The molecule has 0 aliphatic carbocycles. The number of nitrogens with one attached hydrogen (secondary N) is 2. The molecule has 2 N–H and O–H groups in total. The first kappa shape index (κ1) is 32.7. The average molecular weight is 650 g/mol. The Morgan fingerprint density at radius 3 is 2.19 bits per heavy atom. The molecule has 1 fully saturated rings. The largest absolute Gasteiger partial charge is 0.497 e. The van der Waals surface area contributed by atoms with E-state index in [4.69, 9.17) is 9.47 Å². The highest BCUT2D eigenvalue weighted by Crippen LogP contribution is 2.34. The number of rotatable bonds is 11. The van der Waals surface area contributed by atoms with Crippen molar-refractivity contribution in [2.24, 2.45) is 0 Å². The van der Waals surface area contributed by atoms with Gasteiger partial charge in [-0.3, -0.25) is 24.0 Å². The van der Waals surface area contributed by atoms with Gasteiger partial charge in [-0.1, -0.05) is 18.2 Å². The molecule has 5 rings (SSSR count). The Morgan fingerprint density at radius 1 is 0.851 bits per heavy atom. The van der Waals surface area contributed by atoms with Gasteiger partial charge < -0.3 is 20.1 Å². The van der Waals surface area contributed by atoms with E-state index in [1.807, 2.05) is 0 Å². The van der Waals surface area contributed by atoms with Gasteiger partial charge in [0, 0.05) is 39.8 Å². The molecule has 0 saturated carbocycles. The second kappa shape index (κ2) is 14.6. The molecular weight excluding hydrogens is 618 g/mol. The number of benzene rings is 4. The average Bonchev–Trinajstić information content (AvgIpc) is 3.37. The van der Waals surface area contributed by atoms with Crippen molar-refractivity contribution in [3.05, 3.63) is 119 Å². The predicted octanol–water partition coefficient (Wildman–Crippen LogP) is 5.74. The molecular formula is C36H31N3O7S. The van der Waals surface area contributed by atoms with E-state index in [9.17, 15) is 24.0 Å². The van der Waals surface area contributed by atoms with Crippen LogP contribution in [-0.4, -0.2) is 48.9 Å². The monoisotopic (exact) mass is 649 g/mol. The van der Waals surface area contributed by atoms with Crippen LogP contribution in [0.4, 0.5) is 11.4 Å². The molecule has 0 bridgehead atoms. The molecule has 10 nitrogen and oxygen atoms in total. The third-order valence-electron chi connectivity index (χ3n) is 7.30. The molecule has 1 heterocycles. The SMILES string of the molecule is COc1ccc(/C=C(\NC(=O)c2ccccc2)C(=O)Nc2ccc(SC3CC(=O)N(c4ccc(C(C)=O)cc4)C3=O)cc2)c(OC)c1. The van der Waals surface area contributed by atoms with E-state index < -0.39 is 17.1 Å². The molecule has 4 amide bonds. The molecule has 1 aliphatic rings. The van der Waals surface area contributed by atoms with Crippen LogP contribution in [0.1, 0.15) is 39.6 Å². The molecule has 0 radical (unpaired) electrons. The van der Waals surface area contributed by atoms with Crippen molar-refractivity contribution in [1.82, 2.24) is 5.32 Å². The molecule has 1 atom stereocenters. The molecule has 238 valence electrons. The topological polar surface area (TPSA) is 131 Å². The fourth-order valence-corrected chi connectivity index (χ4v) is 5.88. The number of hydrogen-bond acceptors (Lipinski definition) is 8. The number of hydrogen-bond donors (Lipinski definition) is 2. The number of methoxy groups -OCH3 is 2.